The number of nitrogens with zero attached hydrogens (tertiary/aromatic N) is 1. The van der Waals surface area contributed by atoms with Gasteiger partial charge in [-0.05, 0) is 51.1 Å². The highest BCUT2D eigenvalue weighted by Crippen LogP contribution is 2.19. The molecule has 0 bridgehead atoms. The number of piperidine rings is 1. The third-order valence-corrected chi connectivity index (χ3v) is 3.63. The van der Waals surface area contributed by atoms with Crippen molar-refractivity contribution in [2.45, 2.75) is 45.4 Å². The van der Waals surface area contributed by atoms with Gasteiger partial charge in [0.25, 0.3) is 0 Å². The van der Waals surface area contributed by atoms with Crippen LogP contribution in [0.5, 0.6) is 0 Å². The number of aliphatic carboxylic acids is 1. The molecule has 1 fully saturated rings. The summed E-state index contributed by atoms with van der Waals surface area (Å²) in [5.41, 5.74) is 0. The molecule has 5 nitrogen and oxygen atoms in total. The summed E-state index contributed by atoms with van der Waals surface area (Å²) in [5.74, 6) is -0.216. The number of carboxylic acid groups (broad SMARTS) is 1. The predicted molar refractivity (Wildman–Crippen MR) is 74.0 cm³/mol. The third kappa shape index (κ3) is 6.57. The second-order valence-electron chi connectivity index (χ2n) is 5.29. The molecule has 1 saturated heterocycles. The quantitative estimate of drug-likeness (QED) is 0.701. The Labute approximate surface area is 115 Å². The minimum Gasteiger partial charge on any atom is -0.480 e. The Bertz CT molecular complexity index is 288. The summed E-state index contributed by atoms with van der Waals surface area (Å²) in [6.07, 6.45) is 5.64. The van der Waals surface area contributed by atoms with E-state index in [1.54, 1.807) is 0 Å². The summed E-state index contributed by atoms with van der Waals surface area (Å²) in [5, 5.41) is 12.1. The fourth-order valence-electron chi connectivity index (χ4n) is 2.60. The van der Waals surface area contributed by atoms with Crippen molar-refractivity contribution < 1.29 is 14.7 Å². The van der Waals surface area contributed by atoms with Gasteiger partial charge in [-0.1, -0.05) is 6.92 Å². The van der Waals surface area contributed by atoms with Crippen LogP contribution in [0.2, 0.25) is 0 Å². The Morgan fingerprint density at radius 2 is 2.00 bits per heavy atom. The molecule has 0 saturated carbocycles. The molecule has 0 radical (unpaired) electrons. The average Bonchev–Trinajstić information content (AvgIpc) is 2.39. The zero-order valence-corrected chi connectivity index (χ0v) is 11.9. The lowest BCUT2D eigenvalue weighted by Gasteiger charge is -2.23. The smallest absolute Gasteiger partial charge is 0.323 e. The Balaban J connectivity index is 2.24. The summed E-state index contributed by atoms with van der Waals surface area (Å²) in [6, 6.07) is 0. The van der Waals surface area contributed by atoms with Gasteiger partial charge >= 0.3 is 5.97 Å². The standard InChI is InChI=1S/C14H26N2O3/c1-2-10-16(11-14(18)19)13(17)5-3-4-12-6-8-15-9-7-12/h12,15H,2-11H2,1H3,(H,18,19). The first-order valence-electron chi connectivity index (χ1n) is 7.33. The molecule has 1 heterocycles. The molecule has 5 heteroatoms. The predicted octanol–water partition coefficient (Wildman–Crippen LogP) is 1.48. The molecule has 0 aromatic heterocycles. The van der Waals surface area contributed by atoms with Crippen LogP contribution in [0.25, 0.3) is 0 Å². The highest BCUT2D eigenvalue weighted by molar-refractivity contribution is 5.81. The molecule has 19 heavy (non-hydrogen) atoms. The first kappa shape index (κ1) is 16.0. The van der Waals surface area contributed by atoms with E-state index in [0.29, 0.717) is 13.0 Å². The maximum atomic E-state index is 12.0. The second kappa shape index (κ2) is 8.91. The van der Waals surface area contributed by atoms with Crippen LogP contribution in [0, 0.1) is 5.92 Å². The monoisotopic (exact) mass is 270 g/mol. The van der Waals surface area contributed by atoms with Gasteiger partial charge in [0.2, 0.25) is 5.91 Å². The molecule has 0 atom stereocenters. The number of carboxylic acids is 1. The summed E-state index contributed by atoms with van der Waals surface area (Å²) in [4.78, 5) is 24.1. The lowest BCUT2D eigenvalue weighted by atomic mass is 9.92. The van der Waals surface area contributed by atoms with E-state index in [9.17, 15) is 9.59 Å². The number of hydrogen-bond acceptors (Lipinski definition) is 3. The van der Waals surface area contributed by atoms with E-state index in [1.807, 2.05) is 6.92 Å². The van der Waals surface area contributed by atoms with Crippen molar-refractivity contribution in [3.05, 3.63) is 0 Å². The van der Waals surface area contributed by atoms with Crippen molar-refractivity contribution in [3.8, 4) is 0 Å². The Morgan fingerprint density at radius 1 is 1.32 bits per heavy atom. The van der Waals surface area contributed by atoms with E-state index in [-0.39, 0.29) is 12.5 Å². The SMILES string of the molecule is CCCN(CC(=O)O)C(=O)CCCC1CCNCC1. The second-order valence-corrected chi connectivity index (χ2v) is 5.29. The highest BCUT2D eigenvalue weighted by atomic mass is 16.4. The minimum absolute atomic E-state index is 0.0156. The zero-order chi connectivity index (χ0) is 14.1. The van der Waals surface area contributed by atoms with Crippen molar-refractivity contribution in [2.75, 3.05) is 26.2 Å². The molecular weight excluding hydrogens is 244 g/mol. The molecule has 1 aliphatic rings. The van der Waals surface area contributed by atoms with Gasteiger partial charge < -0.3 is 15.3 Å². The van der Waals surface area contributed by atoms with Crippen LogP contribution in [0.1, 0.15) is 45.4 Å². The normalized spacial score (nSPS) is 16.3. The maximum Gasteiger partial charge on any atom is 0.323 e. The molecule has 0 aliphatic carbocycles. The van der Waals surface area contributed by atoms with Gasteiger partial charge in [0.05, 0.1) is 0 Å². The van der Waals surface area contributed by atoms with Gasteiger partial charge in [-0.15, -0.1) is 0 Å². The van der Waals surface area contributed by atoms with Gasteiger partial charge in [-0.2, -0.15) is 0 Å². The molecule has 110 valence electrons. The first-order chi connectivity index (χ1) is 9.13. The van der Waals surface area contributed by atoms with Crippen molar-refractivity contribution in [2.24, 2.45) is 5.92 Å². The van der Waals surface area contributed by atoms with E-state index >= 15 is 0 Å². The molecule has 0 aromatic rings. The van der Waals surface area contributed by atoms with Gasteiger partial charge in [-0.3, -0.25) is 9.59 Å². The topological polar surface area (TPSA) is 69.6 Å². The number of carbonyl (C=O) groups excluding carboxylic acids is 1. The van der Waals surface area contributed by atoms with Crippen LogP contribution >= 0.6 is 0 Å². The number of nitrogens with one attached hydrogen (secondary N) is 1. The molecule has 1 amide bonds. The van der Waals surface area contributed by atoms with Gasteiger partial charge in [-0.25, -0.2) is 0 Å². The fourth-order valence-corrected chi connectivity index (χ4v) is 2.60. The summed E-state index contributed by atoms with van der Waals surface area (Å²) in [6.45, 7) is 4.49. The fraction of sp³-hybridized carbons (Fsp3) is 0.857. The maximum absolute atomic E-state index is 12.0. The molecular formula is C14H26N2O3. The summed E-state index contributed by atoms with van der Waals surface area (Å²) in [7, 11) is 0. The van der Waals surface area contributed by atoms with Crippen LogP contribution in [0.3, 0.4) is 0 Å². The van der Waals surface area contributed by atoms with E-state index in [2.05, 4.69) is 5.32 Å². The van der Waals surface area contributed by atoms with Gasteiger partial charge in [0.1, 0.15) is 6.54 Å². The van der Waals surface area contributed by atoms with E-state index < -0.39 is 5.97 Å². The molecule has 1 aliphatic heterocycles. The number of rotatable bonds is 8. The average molecular weight is 270 g/mol. The minimum atomic E-state index is -0.930. The van der Waals surface area contributed by atoms with Crippen LogP contribution in [-0.4, -0.2) is 48.1 Å². The summed E-state index contributed by atoms with van der Waals surface area (Å²) < 4.78 is 0. The number of amides is 1. The van der Waals surface area contributed by atoms with Crippen LogP contribution in [-0.2, 0) is 9.59 Å². The Morgan fingerprint density at radius 3 is 2.58 bits per heavy atom. The van der Waals surface area contributed by atoms with Crippen molar-refractivity contribution in [1.82, 2.24) is 10.2 Å². The lowest BCUT2D eigenvalue weighted by molar-refractivity contribution is -0.144. The third-order valence-electron chi connectivity index (χ3n) is 3.63. The zero-order valence-electron chi connectivity index (χ0n) is 11.9. The van der Waals surface area contributed by atoms with Crippen LogP contribution < -0.4 is 5.32 Å². The van der Waals surface area contributed by atoms with Gasteiger partial charge in [0, 0.05) is 13.0 Å². The molecule has 1 rings (SSSR count). The van der Waals surface area contributed by atoms with Gasteiger partial charge in [0.15, 0.2) is 0 Å². The number of carbonyl (C=O) groups is 2. The largest absolute Gasteiger partial charge is 0.480 e. The van der Waals surface area contributed by atoms with Crippen molar-refractivity contribution in [1.29, 1.82) is 0 Å². The van der Waals surface area contributed by atoms with Crippen LogP contribution in [0.15, 0.2) is 0 Å². The van der Waals surface area contributed by atoms with E-state index in [0.717, 1.165) is 38.3 Å². The first-order valence-corrected chi connectivity index (χ1v) is 7.33. The molecule has 2 N–H and O–H groups in total. The van der Waals surface area contributed by atoms with Crippen LogP contribution in [0.4, 0.5) is 0 Å². The Hall–Kier alpha value is -1.10. The van der Waals surface area contributed by atoms with E-state index in [1.165, 1.54) is 17.7 Å². The van der Waals surface area contributed by atoms with E-state index in [4.69, 9.17) is 5.11 Å². The van der Waals surface area contributed by atoms with Crippen molar-refractivity contribution in [3.63, 3.8) is 0 Å². The highest BCUT2D eigenvalue weighted by Gasteiger charge is 2.17. The lowest BCUT2D eigenvalue weighted by Crippen LogP contribution is -2.36. The van der Waals surface area contributed by atoms with Crippen molar-refractivity contribution >= 4 is 11.9 Å². The molecule has 0 spiro atoms. The Kier molecular flexibility index (Phi) is 7.48. The molecule has 0 unspecified atom stereocenters. The summed E-state index contributed by atoms with van der Waals surface area (Å²) >= 11 is 0. The number of hydrogen-bond donors (Lipinski definition) is 2. The molecule has 0 aromatic carbocycles.